The minimum Gasteiger partial charge on any atom is -0.461 e. The number of hydrogen-bond acceptors (Lipinski definition) is 5. The molecule has 1 N–H and O–H groups in total. The highest BCUT2D eigenvalue weighted by Gasteiger charge is 2.28. The molecule has 136 valence electrons. The molecule has 1 saturated carbocycles. The first-order chi connectivity index (χ1) is 12.1. The second kappa shape index (κ2) is 8.08. The van der Waals surface area contributed by atoms with Gasteiger partial charge < -0.3 is 9.73 Å². The molecule has 3 rings (SSSR count). The fraction of sp³-hybridized carbons (Fsp3) is 0.611. The summed E-state index contributed by atoms with van der Waals surface area (Å²) >= 11 is 1.42. The van der Waals surface area contributed by atoms with E-state index >= 15 is 0 Å². The van der Waals surface area contributed by atoms with E-state index in [0.29, 0.717) is 35.2 Å². The third kappa shape index (κ3) is 4.08. The number of hydrogen-bond donors (Lipinski definition) is 1. The van der Waals surface area contributed by atoms with Crippen molar-refractivity contribution >= 4 is 17.7 Å². The van der Waals surface area contributed by atoms with Crippen LogP contribution >= 0.6 is 11.8 Å². The van der Waals surface area contributed by atoms with Crippen molar-refractivity contribution in [2.75, 3.05) is 5.75 Å². The van der Waals surface area contributed by atoms with Crippen LogP contribution in [0.1, 0.15) is 40.0 Å². The normalized spacial score (nSPS) is 23.6. The van der Waals surface area contributed by atoms with Gasteiger partial charge in [-0.2, -0.15) is 0 Å². The van der Waals surface area contributed by atoms with Gasteiger partial charge in [-0.3, -0.25) is 9.36 Å². The van der Waals surface area contributed by atoms with Gasteiger partial charge in [-0.15, -0.1) is 10.2 Å². The summed E-state index contributed by atoms with van der Waals surface area (Å²) in [5.41, 5.74) is 0. The number of rotatable bonds is 6. The lowest BCUT2D eigenvalue weighted by molar-refractivity contribution is -0.120. The van der Waals surface area contributed by atoms with E-state index in [4.69, 9.17) is 4.42 Å². The zero-order valence-corrected chi connectivity index (χ0v) is 15.9. The third-order valence-electron chi connectivity index (χ3n) is 5.16. The number of carbonyl (C=O) groups is 1. The Bertz CT molecular complexity index is 698. The van der Waals surface area contributed by atoms with Gasteiger partial charge in [0.15, 0.2) is 16.7 Å². The van der Waals surface area contributed by atoms with Crippen molar-refractivity contribution in [1.82, 2.24) is 20.1 Å². The van der Waals surface area contributed by atoms with Crippen LogP contribution in [0.25, 0.3) is 11.6 Å². The monoisotopic (exact) mass is 362 g/mol. The van der Waals surface area contributed by atoms with Crippen LogP contribution in [0.5, 0.6) is 0 Å². The number of carbonyl (C=O) groups excluding carboxylic acids is 1. The quantitative estimate of drug-likeness (QED) is 0.795. The highest BCUT2D eigenvalue weighted by Crippen LogP contribution is 2.30. The van der Waals surface area contributed by atoms with Gasteiger partial charge in [0.05, 0.1) is 12.0 Å². The second-order valence-corrected chi connectivity index (χ2v) is 7.70. The first-order valence-corrected chi connectivity index (χ1v) is 9.98. The largest absolute Gasteiger partial charge is 0.461 e. The van der Waals surface area contributed by atoms with Gasteiger partial charge >= 0.3 is 0 Å². The van der Waals surface area contributed by atoms with E-state index in [1.807, 2.05) is 23.6 Å². The molecular formula is C18H26N4O2S. The Morgan fingerprint density at radius 3 is 2.96 bits per heavy atom. The molecule has 6 nitrogen and oxygen atoms in total. The van der Waals surface area contributed by atoms with Gasteiger partial charge in [0.2, 0.25) is 5.91 Å². The molecule has 0 unspecified atom stereocenters. The van der Waals surface area contributed by atoms with Crippen molar-refractivity contribution in [3.8, 4) is 11.6 Å². The van der Waals surface area contributed by atoms with E-state index in [1.54, 1.807) is 6.26 Å². The molecule has 0 saturated heterocycles. The summed E-state index contributed by atoms with van der Waals surface area (Å²) in [6.07, 6.45) is 5.16. The van der Waals surface area contributed by atoms with Crippen molar-refractivity contribution in [1.29, 1.82) is 0 Å². The second-order valence-electron chi connectivity index (χ2n) is 6.76. The van der Waals surface area contributed by atoms with Crippen LogP contribution in [0, 0.1) is 11.8 Å². The van der Waals surface area contributed by atoms with Crippen LogP contribution in [0.3, 0.4) is 0 Å². The Morgan fingerprint density at radius 2 is 2.24 bits per heavy atom. The van der Waals surface area contributed by atoms with Gasteiger partial charge in [-0.05, 0) is 37.3 Å². The maximum absolute atomic E-state index is 12.4. The van der Waals surface area contributed by atoms with Crippen LogP contribution < -0.4 is 5.32 Å². The van der Waals surface area contributed by atoms with Crippen LogP contribution in [-0.2, 0) is 11.3 Å². The minimum absolute atomic E-state index is 0.0705. The zero-order valence-electron chi connectivity index (χ0n) is 15.1. The van der Waals surface area contributed by atoms with E-state index in [2.05, 4.69) is 29.4 Å². The van der Waals surface area contributed by atoms with Crippen LogP contribution in [0.4, 0.5) is 0 Å². The summed E-state index contributed by atoms with van der Waals surface area (Å²) < 4.78 is 7.39. The molecule has 2 aromatic heterocycles. The standard InChI is InChI=1S/C18H26N4O2S/c1-4-22-17(15-9-6-10-24-15)20-21-18(22)25-11-16(23)19-14-8-5-7-12(2)13(14)3/h6,9-10,12-14H,4-5,7-8,11H2,1-3H3,(H,19,23)/t12-,13+,14+/m0/s1. The molecule has 0 aromatic carbocycles. The first kappa shape index (κ1) is 18.0. The number of amides is 1. The van der Waals surface area contributed by atoms with Gasteiger partial charge in [0, 0.05) is 12.6 Å². The van der Waals surface area contributed by atoms with E-state index in [1.165, 1.54) is 24.6 Å². The lowest BCUT2D eigenvalue weighted by Gasteiger charge is -2.34. The van der Waals surface area contributed by atoms with Crippen molar-refractivity contribution in [3.05, 3.63) is 18.4 Å². The fourth-order valence-electron chi connectivity index (χ4n) is 3.43. The molecular weight excluding hydrogens is 336 g/mol. The smallest absolute Gasteiger partial charge is 0.230 e. The molecule has 1 aliphatic rings. The van der Waals surface area contributed by atoms with Gasteiger partial charge in [-0.25, -0.2) is 0 Å². The highest BCUT2D eigenvalue weighted by atomic mass is 32.2. The summed E-state index contributed by atoms with van der Waals surface area (Å²) in [6, 6.07) is 3.99. The van der Waals surface area contributed by atoms with Crippen molar-refractivity contribution in [2.24, 2.45) is 11.8 Å². The summed E-state index contributed by atoms with van der Waals surface area (Å²) in [4.78, 5) is 12.4. The lowest BCUT2D eigenvalue weighted by atomic mass is 9.78. The number of nitrogens with one attached hydrogen (secondary N) is 1. The van der Waals surface area contributed by atoms with E-state index in [9.17, 15) is 4.79 Å². The maximum Gasteiger partial charge on any atom is 0.230 e. The Hall–Kier alpha value is -1.76. The van der Waals surface area contributed by atoms with Gasteiger partial charge in [0.25, 0.3) is 0 Å². The molecule has 1 aliphatic carbocycles. The predicted octanol–water partition coefficient (Wildman–Crippen LogP) is 3.59. The molecule has 1 amide bonds. The Kier molecular flexibility index (Phi) is 5.83. The van der Waals surface area contributed by atoms with E-state index < -0.39 is 0 Å². The topological polar surface area (TPSA) is 73.0 Å². The summed E-state index contributed by atoms with van der Waals surface area (Å²) in [7, 11) is 0. The number of thioether (sulfide) groups is 1. The molecule has 0 aliphatic heterocycles. The van der Waals surface area contributed by atoms with Crippen LogP contribution in [-0.4, -0.2) is 32.5 Å². The van der Waals surface area contributed by atoms with Crippen LogP contribution in [0.15, 0.2) is 28.0 Å². The SMILES string of the molecule is CCn1c(SCC(=O)N[C@@H]2CCC[C@H](C)[C@H]2C)nnc1-c1ccco1. The first-order valence-electron chi connectivity index (χ1n) is 8.99. The van der Waals surface area contributed by atoms with Gasteiger partial charge in [-0.1, -0.05) is 38.5 Å². The Morgan fingerprint density at radius 1 is 1.40 bits per heavy atom. The molecule has 0 spiro atoms. The van der Waals surface area contributed by atoms with Crippen molar-refractivity contribution < 1.29 is 9.21 Å². The average molecular weight is 362 g/mol. The molecule has 0 radical (unpaired) electrons. The fourth-order valence-corrected chi connectivity index (χ4v) is 4.25. The molecule has 1 fully saturated rings. The lowest BCUT2D eigenvalue weighted by Crippen LogP contribution is -2.44. The molecule has 2 aromatic rings. The average Bonchev–Trinajstić information content (AvgIpc) is 3.25. The summed E-state index contributed by atoms with van der Waals surface area (Å²) in [5.74, 6) is 3.02. The number of aromatic nitrogens is 3. The maximum atomic E-state index is 12.4. The third-order valence-corrected chi connectivity index (χ3v) is 6.13. The predicted molar refractivity (Wildman–Crippen MR) is 98.2 cm³/mol. The van der Waals surface area contributed by atoms with Gasteiger partial charge in [0.1, 0.15) is 0 Å². The highest BCUT2D eigenvalue weighted by molar-refractivity contribution is 7.99. The Balaban J connectivity index is 1.59. The minimum atomic E-state index is 0.0705. The molecule has 2 heterocycles. The van der Waals surface area contributed by atoms with E-state index in [0.717, 1.165) is 18.1 Å². The number of furan rings is 1. The van der Waals surface area contributed by atoms with E-state index in [-0.39, 0.29) is 5.91 Å². The summed E-state index contributed by atoms with van der Waals surface area (Å²) in [5, 5.41) is 12.4. The van der Waals surface area contributed by atoms with Crippen molar-refractivity contribution in [3.63, 3.8) is 0 Å². The zero-order chi connectivity index (χ0) is 17.8. The number of nitrogens with zero attached hydrogens (tertiary/aromatic N) is 3. The van der Waals surface area contributed by atoms with Crippen LogP contribution in [0.2, 0.25) is 0 Å². The molecule has 25 heavy (non-hydrogen) atoms. The molecule has 7 heteroatoms. The Labute approximate surface area is 152 Å². The molecule has 0 bridgehead atoms. The van der Waals surface area contributed by atoms with Crippen molar-refractivity contribution in [2.45, 2.75) is 57.8 Å². The summed E-state index contributed by atoms with van der Waals surface area (Å²) in [6.45, 7) is 7.28. The molecule has 3 atom stereocenters.